The topological polar surface area (TPSA) is 30.7 Å². The Kier molecular flexibility index (Phi) is 2.01. The first-order valence-corrected chi connectivity index (χ1v) is 6.23. The third kappa shape index (κ3) is 1.18. The third-order valence-corrected chi connectivity index (χ3v) is 3.93. The van der Waals surface area contributed by atoms with Crippen LogP contribution in [0.15, 0.2) is 29.6 Å². The van der Waals surface area contributed by atoms with Crippen LogP contribution >= 0.6 is 34.4 Å². The summed E-state index contributed by atoms with van der Waals surface area (Å²) in [5, 5.41) is 1.09. The van der Waals surface area contributed by atoms with Gasteiger partial charge >= 0.3 is 0 Å². The highest BCUT2D eigenvalue weighted by molar-refractivity contribution is 14.1. The number of fused-ring (bicyclic) bond motifs is 3. The van der Waals surface area contributed by atoms with Crippen molar-refractivity contribution in [2.45, 2.75) is 10.8 Å². The molecular weight excluding hydrogens is 309 g/mol. The number of imidazole rings is 1. The second kappa shape index (κ2) is 3.23. The number of hydrogen-bond acceptors (Lipinski definition) is 3. The molecule has 0 radical (unpaired) electrons. The quantitative estimate of drug-likeness (QED) is 0.700. The molecule has 0 N–H and O–H groups in total. The predicted molar refractivity (Wildman–Crippen MR) is 63.6 cm³/mol. The van der Waals surface area contributed by atoms with Crippen LogP contribution in [0.4, 0.5) is 0 Å². The van der Waals surface area contributed by atoms with Gasteiger partial charge in [-0.15, -0.1) is 0 Å². The molecule has 1 aliphatic heterocycles. The van der Waals surface area contributed by atoms with Crippen LogP contribution in [0.3, 0.4) is 0 Å². The normalized spacial score (nSPS) is 13.5. The maximum absolute atomic E-state index is 4.35. The average molecular weight is 315 g/mol. The van der Waals surface area contributed by atoms with Gasteiger partial charge in [0.2, 0.25) is 0 Å². The number of thioether (sulfide) groups is 1. The van der Waals surface area contributed by atoms with Gasteiger partial charge < -0.3 is 0 Å². The third-order valence-electron chi connectivity index (χ3n) is 2.14. The molecule has 0 aliphatic carbocycles. The molecule has 5 heteroatoms. The van der Waals surface area contributed by atoms with E-state index in [0.29, 0.717) is 0 Å². The molecule has 1 aliphatic rings. The zero-order chi connectivity index (χ0) is 9.54. The maximum atomic E-state index is 4.35. The van der Waals surface area contributed by atoms with E-state index in [4.69, 9.17) is 0 Å². The Morgan fingerprint density at radius 2 is 2.36 bits per heavy atom. The van der Waals surface area contributed by atoms with Gasteiger partial charge in [-0.2, -0.15) is 0 Å². The largest absolute Gasteiger partial charge is 0.289 e. The lowest BCUT2D eigenvalue weighted by atomic mass is 10.4. The first-order chi connectivity index (χ1) is 6.86. The molecule has 2 aromatic heterocycles. The van der Waals surface area contributed by atoms with Gasteiger partial charge in [-0.3, -0.25) is 4.57 Å². The average Bonchev–Trinajstić information content (AvgIpc) is 2.61. The first kappa shape index (κ1) is 8.72. The molecule has 2 aromatic rings. The first-order valence-electron chi connectivity index (χ1n) is 4.16. The van der Waals surface area contributed by atoms with Gasteiger partial charge in [-0.25, -0.2) is 9.97 Å². The van der Waals surface area contributed by atoms with E-state index in [0.717, 1.165) is 20.3 Å². The van der Waals surface area contributed by atoms with E-state index in [1.807, 2.05) is 18.5 Å². The smallest absolute Gasteiger partial charge is 0.176 e. The summed E-state index contributed by atoms with van der Waals surface area (Å²) in [4.78, 5) is 8.66. The molecule has 0 fully saturated rings. The Morgan fingerprint density at radius 1 is 1.43 bits per heavy atom. The van der Waals surface area contributed by atoms with Gasteiger partial charge in [0, 0.05) is 34.5 Å². The molecule has 0 bridgehead atoms. The summed E-state index contributed by atoms with van der Waals surface area (Å²) in [5.74, 6) is 0.958. The number of rotatable bonds is 0. The SMILES string of the molecule is Ic1ncc2n1-c1cccnc1SC2. The standard InChI is InChI=1S/C9H6IN3S/c10-9-12-4-6-5-14-8-7(13(6)9)2-1-3-11-8/h1-4H,5H2. The minimum absolute atomic E-state index is 0.958. The Balaban J connectivity index is 2.32. The molecule has 0 saturated carbocycles. The molecule has 0 aromatic carbocycles. The Labute approximate surface area is 99.1 Å². The molecular formula is C9H6IN3S. The summed E-state index contributed by atoms with van der Waals surface area (Å²) >= 11 is 4.02. The van der Waals surface area contributed by atoms with E-state index in [2.05, 4.69) is 43.2 Å². The van der Waals surface area contributed by atoms with Crippen LogP contribution in [0.25, 0.3) is 5.69 Å². The Hall–Kier alpha value is -0.560. The van der Waals surface area contributed by atoms with Crippen molar-refractivity contribution in [3.05, 3.63) is 34.1 Å². The minimum Gasteiger partial charge on any atom is -0.289 e. The summed E-state index contributed by atoms with van der Waals surface area (Å²) in [5.41, 5.74) is 2.40. The molecule has 0 unspecified atom stereocenters. The number of halogens is 1. The van der Waals surface area contributed by atoms with Crippen molar-refractivity contribution in [2.75, 3.05) is 0 Å². The van der Waals surface area contributed by atoms with Crippen molar-refractivity contribution in [2.24, 2.45) is 0 Å². The molecule has 0 amide bonds. The lowest BCUT2D eigenvalue weighted by molar-refractivity contribution is 0.888. The van der Waals surface area contributed by atoms with Crippen LogP contribution in [0.2, 0.25) is 0 Å². The Bertz CT molecular complexity index is 495. The van der Waals surface area contributed by atoms with E-state index >= 15 is 0 Å². The number of hydrogen-bond donors (Lipinski definition) is 0. The maximum Gasteiger partial charge on any atom is 0.176 e. The molecule has 0 spiro atoms. The summed E-state index contributed by atoms with van der Waals surface area (Å²) in [6, 6.07) is 4.05. The highest BCUT2D eigenvalue weighted by atomic mass is 127. The molecule has 0 atom stereocenters. The van der Waals surface area contributed by atoms with E-state index in [1.54, 1.807) is 11.8 Å². The second-order valence-electron chi connectivity index (χ2n) is 2.97. The second-order valence-corrected chi connectivity index (χ2v) is 4.90. The molecule has 3 rings (SSSR count). The van der Waals surface area contributed by atoms with Crippen molar-refractivity contribution in [1.82, 2.24) is 14.5 Å². The van der Waals surface area contributed by atoms with Crippen molar-refractivity contribution in [3.8, 4) is 5.69 Å². The van der Waals surface area contributed by atoms with Gasteiger partial charge in [-0.05, 0) is 12.1 Å². The van der Waals surface area contributed by atoms with E-state index in [9.17, 15) is 0 Å². The van der Waals surface area contributed by atoms with Crippen molar-refractivity contribution >= 4 is 34.4 Å². The highest BCUT2D eigenvalue weighted by Gasteiger charge is 2.19. The van der Waals surface area contributed by atoms with Gasteiger partial charge in [0.15, 0.2) is 3.83 Å². The predicted octanol–water partition coefficient (Wildman–Crippen LogP) is 2.48. The molecule has 14 heavy (non-hydrogen) atoms. The summed E-state index contributed by atoms with van der Waals surface area (Å²) in [6.45, 7) is 0. The van der Waals surface area contributed by atoms with E-state index in [1.165, 1.54) is 5.69 Å². The van der Waals surface area contributed by atoms with Crippen molar-refractivity contribution < 1.29 is 0 Å². The summed E-state index contributed by atoms with van der Waals surface area (Å²) in [7, 11) is 0. The van der Waals surface area contributed by atoms with Crippen LogP contribution in [0.1, 0.15) is 5.69 Å². The van der Waals surface area contributed by atoms with Gasteiger partial charge in [0.05, 0.1) is 17.6 Å². The molecule has 70 valence electrons. The zero-order valence-electron chi connectivity index (χ0n) is 7.14. The molecule has 3 nitrogen and oxygen atoms in total. The summed E-state index contributed by atoms with van der Waals surface area (Å²) in [6.07, 6.45) is 3.77. The molecule has 3 heterocycles. The number of nitrogens with zero attached hydrogens (tertiary/aromatic N) is 3. The van der Waals surface area contributed by atoms with Crippen LogP contribution in [0, 0.1) is 3.83 Å². The van der Waals surface area contributed by atoms with Crippen LogP contribution in [-0.2, 0) is 5.75 Å². The monoisotopic (exact) mass is 315 g/mol. The fourth-order valence-corrected chi connectivity index (χ4v) is 3.16. The Morgan fingerprint density at radius 3 is 3.29 bits per heavy atom. The van der Waals surface area contributed by atoms with Crippen molar-refractivity contribution in [1.29, 1.82) is 0 Å². The fourth-order valence-electron chi connectivity index (χ4n) is 1.52. The lowest BCUT2D eigenvalue weighted by Gasteiger charge is -2.17. The number of aromatic nitrogens is 3. The zero-order valence-corrected chi connectivity index (χ0v) is 10.1. The highest BCUT2D eigenvalue weighted by Crippen LogP contribution is 2.34. The van der Waals surface area contributed by atoms with Crippen molar-refractivity contribution in [3.63, 3.8) is 0 Å². The van der Waals surface area contributed by atoms with E-state index < -0.39 is 0 Å². The van der Waals surface area contributed by atoms with Crippen LogP contribution < -0.4 is 0 Å². The number of pyridine rings is 1. The fraction of sp³-hybridized carbons (Fsp3) is 0.111. The van der Waals surface area contributed by atoms with E-state index in [-0.39, 0.29) is 0 Å². The van der Waals surface area contributed by atoms with Gasteiger partial charge in [0.1, 0.15) is 5.03 Å². The van der Waals surface area contributed by atoms with Crippen LogP contribution in [0.5, 0.6) is 0 Å². The molecule has 0 saturated heterocycles. The van der Waals surface area contributed by atoms with Gasteiger partial charge in [0.25, 0.3) is 0 Å². The van der Waals surface area contributed by atoms with Crippen LogP contribution in [-0.4, -0.2) is 14.5 Å². The lowest BCUT2D eigenvalue weighted by Crippen LogP contribution is -2.08. The summed E-state index contributed by atoms with van der Waals surface area (Å²) < 4.78 is 3.17. The van der Waals surface area contributed by atoms with Gasteiger partial charge in [-0.1, -0.05) is 11.8 Å². The minimum atomic E-state index is 0.958.